The summed E-state index contributed by atoms with van der Waals surface area (Å²) in [5.41, 5.74) is 6.94. The maximum Gasteiger partial charge on any atom is 0.266 e. The maximum atomic E-state index is 13.3. The average molecular weight is 471 g/mol. The van der Waals surface area contributed by atoms with Crippen LogP contribution in [0.1, 0.15) is 36.5 Å². The van der Waals surface area contributed by atoms with Crippen LogP contribution in [0.2, 0.25) is 0 Å². The van der Waals surface area contributed by atoms with Gasteiger partial charge in [-0.05, 0) is 48.2 Å². The van der Waals surface area contributed by atoms with E-state index in [4.69, 9.17) is 0 Å². The Labute approximate surface area is 202 Å². The van der Waals surface area contributed by atoms with Crippen molar-refractivity contribution < 1.29 is 4.79 Å². The van der Waals surface area contributed by atoms with E-state index in [2.05, 4.69) is 41.5 Å². The fraction of sp³-hybridized carbons (Fsp3) is 0.185. The Kier molecular flexibility index (Phi) is 7.23. The van der Waals surface area contributed by atoms with E-state index in [1.54, 1.807) is 22.9 Å². The summed E-state index contributed by atoms with van der Waals surface area (Å²) in [5.74, 6) is 0.252. The normalized spacial score (nSPS) is 11.4. The van der Waals surface area contributed by atoms with Gasteiger partial charge in [0.1, 0.15) is 0 Å². The van der Waals surface area contributed by atoms with Crippen LogP contribution in [0, 0.1) is 6.92 Å². The number of aromatic nitrogens is 2. The molecule has 1 heterocycles. The van der Waals surface area contributed by atoms with Crippen LogP contribution in [0.3, 0.4) is 0 Å². The lowest BCUT2D eigenvalue weighted by Gasteiger charge is -2.13. The Morgan fingerprint density at radius 2 is 1.76 bits per heavy atom. The number of thioether (sulfide) groups is 1. The summed E-state index contributed by atoms with van der Waals surface area (Å²) >= 11 is 1.20. The number of nitrogens with zero attached hydrogens (tertiary/aromatic N) is 3. The van der Waals surface area contributed by atoms with E-state index in [9.17, 15) is 9.59 Å². The lowest BCUT2D eigenvalue weighted by atomic mass is 10.0. The predicted molar refractivity (Wildman–Crippen MR) is 139 cm³/mol. The van der Waals surface area contributed by atoms with Gasteiger partial charge in [0.2, 0.25) is 0 Å². The van der Waals surface area contributed by atoms with Gasteiger partial charge in [-0.15, -0.1) is 0 Å². The molecule has 0 unspecified atom stereocenters. The molecule has 0 aliphatic rings. The second-order valence-corrected chi connectivity index (χ2v) is 9.23. The van der Waals surface area contributed by atoms with Gasteiger partial charge in [0.05, 0.1) is 28.6 Å². The first-order valence-corrected chi connectivity index (χ1v) is 12.0. The molecule has 0 atom stereocenters. The minimum Gasteiger partial charge on any atom is -0.272 e. The maximum absolute atomic E-state index is 13.3. The summed E-state index contributed by atoms with van der Waals surface area (Å²) in [7, 11) is 0. The number of hydrogen-bond acceptors (Lipinski definition) is 5. The number of para-hydroxylation sites is 1. The van der Waals surface area contributed by atoms with Crippen molar-refractivity contribution in [2.45, 2.75) is 31.8 Å². The lowest BCUT2D eigenvalue weighted by Crippen LogP contribution is -2.24. The minimum atomic E-state index is -0.280. The lowest BCUT2D eigenvalue weighted by molar-refractivity contribution is -0.118. The van der Waals surface area contributed by atoms with Gasteiger partial charge in [-0.1, -0.05) is 79.7 Å². The molecule has 0 spiro atoms. The number of benzene rings is 3. The highest BCUT2D eigenvalue weighted by Gasteiger charge is 2.14. The zero-order valence-electron chi connectivity index (χ0n) is 19.4. The molecule has 0 aliphatic heterocycles. The van der Waals surface area contributed by atoms with Gasteiger partial charge in [-0.2, -0.15) is 5.10 Å². The molecule has 4 rings (SSSR count). The third-order valence-corrected chi connectivity index (χ3v) is 6.31. The SMILES string of the molecule is Cc1ccc(-n2c(SCC(=O)NN=Cc3ccc(C(C)C)cc3)nc3ccccc3c2=O)cc1. The van der Waals surface area contributed by atoms with E-state index in [1.165, 1.54) is 17.3 Å². The van der Waals surface area contributed by atoms with Gasteiger partial charge < -0.3 is 0 Å². The topological polar surface area (TPSA) is 76.3 Å². The van der Waals surface area contributed by atoms with Gasteiger partial charge in [0.25, 0.3) is 11.5 Å². The largest absolute Gasteiger partial charge is 0.272 e. The molecule has 172 valence electrons. The summed E-state index contributed by atoms with van der Waals surface area (Å²) < 4.78 is 1.55. The van der Waals surface area contributed by atoms with Gasteiger partial charge >= 0.3 is 0 Å². The van der Waals surface area contributed by atoms with Crippen molar-refractivity contribution in [2.75, 3.05) is 5.75 Å². The first-order valence-electron chi connectivity index (χ1n) is 11.1. The fourth-order valence-corrected chi connectivity index (χ4v) is 4.24. The summed E-state index contributed by atoms with van der Waals surface area (Å²) in [5, 5.41) is 5.05. The zero-order valence-corrected chi connectivity index (χ0v) is 20.2. The monoisotopic (exact) mass is 470 g/mol. The fourth-order valence-electron chi connectivity index (χ4n) is 3.44. The molecule has 0 radical (unpaired) electrons. The molecule has 1 N–H and O–H groups in total. The van der Waals surface area contributed by atoms with Crippen molar-refractivity contribution in [3.8, 4) is 5.69 Å². The van der Waals surface area contributed by atoms with Crippen LogP contribution in [0.4, 0.5) is 0 Å². The van der Waals surface area contributed by atoms with Crippen LogP contribution in [0.15, 0.2) is 87.8 Å². The van der Waals surface area contributed by atoms with E-state index in [1.807, 2.05) is 55.5 Å². The third-order valence-electron chi connectivity index (χ3n) is 5.38. The van der Waals surface area contributed by atoms with Crippen molar-refractivity contribution in [2.24, 2.45) is 5.10 Å². The molecule has 3 aromatic carbocycles. The molecule has 0 fully saturated rings. The molecule has 34 heavy (non-hydrogen) atoms. The van der Waals surface area contributed by atoms with Crippen molar-refractivity contribution in [3.63, 3.8) is 0 Å². The van der Waals surface area contributed by atoms with Crippen LogP contribution >= 0.6 is 11.8 Å². The standard InChI is InChI=1S/C27H26N4O2S/c1-18(2)21-12-10-20(11-13-21)16-28-30-25(32)17-34-27-29-24-7-5-4-6-23(24)26(33)31(27)22-14-8-19(3)9-15-22/h4-16,18H,17H2,1-3H3,(H,30,32). The second-order valence-electron chi connectivity index (χ2n) is 8.29. The van der Waals surface area contributed by atoms with Crippen molar-refractivity contribution in [3.05, 3.63) is 99.8 Å². The molecule has 0 saturated heterocycles. The summed E-state index contributed by atoms with van der Waals surface area (Å²) in [4.78, 5) is 30.4. The molecule has 0 saturated carbocycles. The zero-order chi connectivity index (χ0) is 24.1. The van der Waals surface area contributed by atoms with Crippen LogP contribution < -0.4 is 11.0 Å². The number of aryl methyl sites for hydroxylation is 1. The van der Waals surface area contributed by atoms with Crippen molar-refractivity contribution in [1.82, 2.24) is 15.0 Å². The van der Waals surface area contributed by atoms with Crippen LogP contribution in [-0.2, 0) is 4.79 Å². The number of carbonyl (C=O) groups excluding carboxylic acids is 1. The van der Waals surface area contributed by atoms with Gasteiger partial charge in [0, 0.05) is 0 Å². The van der Waals surface area contributed by atoms with Crippen molar-refractivity contribution >= 4 is 34.8 Å². The molecule has 0 bridgehead atoms. The summed E-state index contributed by atoms with van der Waals surface area (Å²) in [6.07, 6.45) is 1.61. The average Bonchev–Trinajstić information content (AvgIpc) is 2.84. The Bertz CT molecular complexity index is 1390. The molecule has 7 heteroatoms. The van der Waals surface area contributed by atoms with Gasteiger partial charge in [-0.25, -0.2) is 10.4 Å². The minimum absolute atomic E-state index is 0.0697. The third kappa shape index (κ3) is 5.43. The molecule has 0 aliphatic carbocycles. The number of carbonyl (C=O) groups is 1. The molecule has 4 aromatic rings. The van der Waals surface area contributed by atoms with Crippen LogP contribution in [-0.4, -0.2) is 27.4 Å². The highest BCUT2D eigenvalue weighted by molar-refractivity contribution is 7.99. The highest BCUT2D eigenvalue weighted by Crippen LogP contribution is 2.21. The van der Waals surface area contributed by atoms with Gasteiger partial charge in [-0.3, -0.25) is 14.2 Å². The van der Waals surface area contributed by atoms with E-state index < -0.39 is 0 Å². The van der Waals surface area contributed by atoms with Gasteiger partial charge in [0.15, 0.2) is 5.16 Å². The number of hydrogen-bond donors (Lipinski definition) is 1. The second kappa shape index (κ2) is 10.5. The summed E-state index contributed by atoms with van der Waals surface area (Å²) in [6.45, 7) is 6.28. The Balaban J connectivity index is 1.51. The number of amides is 1. The first kappa shape index (κ1) is 23.4. The van der Waals surface area contributed by atoms with E-state index in [0.717, 1.165) is 11.1 Å². The Morgan fingerprint density at radius 3 is 2.47 bits per heavy atom. The smallest absolute Gasteiger partial charge is 0.266 e. The molecule has 1 aromatic heterocycles. The number of rotatable bonds is 7. The van der Waals surface area contributed by atoms with Crippen molar-refractivity contribution in [1.29, 1.82) is 0 Å². The van der Waals surface area contributed by atoms with E-state index in [-0.39, 0.29) is 17.2 Å². The molecular weight excluding hydrogens is 444 g/mol. The number of fused-ring (bicyclic) bond motifs is 1. The molecule has 1 amide bonds. The van der Waals surface area contributed by atoms with Crippen LogP contribution in [0.5, 0.6) is 0 Å². The summed E-state index contributed by atoms with van der Waals surface area (Å²) in [6, 6.07) is 22.9. The first-order chi connectivity index (χ1) is 16.4. The quantitative estimate of drug-likeness (QED) is 0.177. The van der Waals surface area contributed by atoms with E-state index in [0.29, 0.717) is 27.7 Å². The molecular formula is C27H26N4O2S. The highest BCUT2D eigenvalue weighted by atomic mass is 32.2. The number of nitrogens with one attached hydrogen (secondary N) is 1. The number of hydrazone groups is 1. The molecule has 6 nitrogen and oxygen atoms in total. The van der Waals surface area contributed by atoms with E-state index >= 15 is 0 Å². The van der Waals surface area contributed by atoms with Crippen LogP contribution in [0.25, 0.3) is 16.6 Å². The predicted octanol–water partition coefficient (Wildman–Crippen LogP) is 5.06. The Hall–Kier alpha value is -3.71. The Morgan fingerprint density at radius 1 is 1.06 bits per heavy atom.